The van der Waals surface area contributed by atoms with Crippen molar-refractivity contribution >= 4 is 10.9 Å². The number of hydrogen-bond acceptors (Lipinski definition) is 1. The number of aromatic amines is 1. The van der Waals surface area contributed by atoms with Gasteiger partial charge in [0.05, 0.1) is 16.6 Å². The van der Waals surface area contributed by atoms with Crippen molar-refractivity contribution in [2.75, 3.05) is 0 Å². The highest BCUT2D eigenvalue weighted by Crippen LogP contribution is 2.13. The molecule has 1 N–H and O–H groups in total. The second-order valence-electron chi connectivity index (χ2n) is 4.64. The number of fused-ring (bicyclic) bond motifs is 1. The van der Waals surface area contributed by atoms with E-state index in [4.69, 9.17) is 0 Å². The van der Waals surface area contributed by atoms with Crippen LogP contribution >= 0.6 is 0 Å². The van der Waals surface area contributed by atoms with Crippen LogP contribution in [0.2, 0.25) is 0 Å². The van der Waals surface area contributed by atoms with Crippen LogP contribution in [0, 0.1) is 13.8 Å². The van der Waals surface area contributed by atoms with Crippen molar-refractivity contribution in [3.05, 3.63) is 63.9 Å². The Balaban J connectivity index is 2.27. The molecule has 0 aliphatic rings. The maximum Gasteiger partial charge on any atom is 0.279 e. The molecule has 0 unspecified atom stereocenters. The number of hydrogen-bond donors (Lipinski definition) is 1. The van der Waals surface area contributed by atoms with Crippen molar-refractivity contribution < 1.29 is 0 Å². The smallest absolute Gasteiger partial charge is 0.279 e. The van der Waals surface area contributed by atoms with Crippen LogP contribution in [-0.2, 0) is 0 Å². The van der Waals surface area contributed by atoms with E-state index in [-0.39, 0.29) is 5.56 Å². The highest BCUT2D eigenvalue weighted by atomic mass is 16.1. The molecule has 1 heterocycles. The van der Waals surface area contributed by atoms with Crippen LogP contribution in [0.15, 0.2) is 47.3 Å². The van der Waals surface area contributed by atoms with E-state index in [0.717, 1.165) is 22.2 Å². The first-order valence-electron chi connectivity index (χ1n) is 5.93. The lowest BCUT2D eigenvalue weighted by Gasteiger charge is -2.01. The van der Waals surface area contributed by atoms with Gasteiger partial charge in [-0.3, -0.25) is 9.89 Å². The van der Waals surface area contributed by atoms with E-state index >= 15 is 0 Å². The Morgan fingerprint density at radius 2 is 1.61 bits per heavy atom. The van der Waals surface area contributed by atoms with Crippen molar-refractivity contribution in [1.29, 1.82) is 0 Å². The Bertz CT molecular complexity index is 763. The van der Waals surface area contributed by atoms with Gasteiger partial charge in [0.15, 0.2) is 0 Å². The zero-order valence-electron chi connectivity index (χ0n) is 10.4. The number of aryl methyl sites for hydroxylation is 2. The van der Waals surface area contributed by atoms with E-state index in [1.165, 1.54) is 5.56 Å². The van der Waals surface area contributed by atoms with Gasteiger partial charge in [-0.2, -0.15) is 0 Å². The van der Waals surface area contributed by atoms with Crippen molar-refractivity contribution in [2.45, 2.75) is 13.8 Å². The van der Waals surface area contributed by atoms with E-state index in [9.17, 15) is 4.79 Å². The quantitative estimate of drug-likeness (QED) is 0.695. The summed E-state index contributed by atoms with van der Waals surface area (Å²) in [6.07, 6.45) is 0. The van der Waals surface area contributed by atoms with E-state index < -0.39 is 0 Å². The van der Waals surface area contributed by atoms with Crippen molar-refractivity contribution in [1.82, 2.24) is 9.78 Å². The molecule has 0 aliphatic carbocycles. The summed E-state index contributed by atoms with van der Waals surface area (Å²) in [6.45, 7) is 4.02. The topological polar surface area (TPSA) is 37.8 Å². The summed E-state index contributed by atoms with van der Waals surface area (Å²) in [5.74, 6) is 0. The van der Waals surface area contributed by atoms with Crippen molar-refractivity contribution in [3.8, 4) is 5.69 Å². The summed E-state index contributed by atoms with van der Waals surface area (Å²) in [5.41, 5.74) is 4.00. The summed E-state index contributed by atoms with van der Waals surface area (Å²) in [5, 5.41) is 3.86. The third-order valence-corrected chi connectivity index (χ3v) is 3.13. The number of H-pyrrole nitrogens is 1. The predicted molar refractivity (Wildman–Crippen MR) is 73.4 cm³/mol. The van der Waals surface area contributed by atoms with Crippen LogP contribution in [0.5, 0.6) is 0 Å². The van der Waals surface area contributed by atoms with Crippen molar-refractivity contribution in [2.24, 2.45) is 0 Å². The fourth-order valence-electron chi connectivity index (χ4n) is 2.10. The zero-order valence-corrected chi connectivity index (χ0v) is 10.4. The monoisotopic (exact) mass is 238 g/mol. The molecule has 0 spiro atoms. The van der Waals surface area contributed by atoms with Gasteiger partial charge in [0.1, 0.15) is 0 Å². The van der Waals surface area contributed by atoms with Gasteiger partial charge in [0, 0.05) is 0 Å². The molecular formula is C15H14N2O. The second-order valence-corrected chi connectivity index (χ2v) is 4.64. The molecule has 0 aliphatic heterocycles. The lowest BCUT2D eigenvalue weighted by molar-refractivity contribution is 0.863. The van der Waals surface area contributed by atoms with Crippen LogP contribution in [0.3, 0.4) is 0 Å². The minimum Gasteiger partial charge on any atom is -0.290 e. The maximum atomic E-state index is 12.3. The summed E-state index contributed by atoms with van der Waals surface area (Å²) >= 11 is 0. The Hall–Kier alpha value is -2.29. The van der Waals surface area contributed by atoms with E-state index in [0.29, 0.717) is 0 Å². The van der Waals surface area contributed by atoms with Gasteiger partial charge in [-0.05, 0) is 38.1 Å². The molecule has 3 heteroatoms. The lowest BCUT2D eigenvalue weighted by atomic mass is 10.2. The van der Waals surface area contributed by atoms with Gasteiger partial charge in [0.2, 0.25) is 0 Å². The van der Waals surface area contributed by atoms with Gasteiger partial charge >= 0.3 is 0 Å². The molecule has 3 aromatic rings. The number of aromatic nitrogens is 2. The summed E-state index contributed by atoms with van der Waals surface area (Å²) < 4.78 is 1.59. The molecule has 18 heavy (non-hydrogen) atoms. The van der Waals surface area contributed by atoms with Crippen LogP contribution in [0.4, 0.5) is 0 Å². The molecule has 0 radical (unpaired) electrons. The lowest BCUT2D eigenvalue weighted by Crippen LogP contribution is -2.14. The standard InChI is InChI=1S/C15H14N2O/c1-10-3-6-12(7-4-10)17-15(18)13-9-11(2)5-8-14(13)16-17/h3-9,16H,1-2H3. The van der Waals surface area contributed by atoms with Crippen LogP contribution in [0.1, 0.15) is 11.1 Å². The Labute approximate surface area is 105 Å². The van der Waals surface area contributed by atoms with Crippen LogP contribution < -0.4 is 5.56 Å². The molecule has 0 bridgehead atoms. The SMILES string of the molecule is Cc1ccc(-n2[nH]c3ccc(C)cc3c2=O)cc1. The highest BCUT2D eigenvalue weighted by molar-refractivity contribution is 5.79. The van der Waals surface area contributed by atoms with Crippen molar-refractivity contribution in [3.63, 3.8) is 0 Å². The van der Waals surface area contributed by atoms with Gasteiger partial charge in [-0.25, -0.2) is 4.68 Å². The number of nitrogens with one attached hydrogen (secondary N) is 1. The molecule has 90 valence electrons. The molecule has 3 rings (SSSR count). The third-order valence-electron chi connectivity index (χ3n) is 3.13. The summed E-state index contributed by atoms with van der Waals surface area (Å²) in [6, 6.07) is 13.7. The molecule has 1 aromatic heterocycles. The fourth-order valence-corrected chi connectivity index (χ4v) is 2.10. The second kappa shape index (κ2) is 3.88. The third kappa shape index (κ3) is 1.64. The molecular weight excluding hydrogens is 224 g/mol. The van der Waals surface area contributed by atoms with E-state index in [2.05, 4.69) is 5.10 Å². The Kier molecular flexibility index (Phi) is 2.33. The Morgan fingerprint density at radius 1 is 0.944 bits per heavy atom. The van der Waals surface area contributed by atoms with Gasteiger partial charge < -0.3 is 0 Å². The molecule has 3 nitrogen and oxygen atoms in total. The first-order valence-corrected chi connectivity index (χ1v) is 5.93. The van der Waals surface area contributed by atoms with E-state index in [1.54, 1.807) is 4.68 Å². The molecule has 0 amide bonds. The highest BCUT2D eigenvalue weighted by Gasteiger charge is 2.07. The first kappa shape index (κ1) is 10.8. The number of nitrogens with zero attached hydrogens (tertiary/aromatic N) is 1. The van der Waals surface area contributed by atoms with Gasteiger partial charge in [0.25, 0.3) is 5.56 Å². The summed E-state index contributed by atoms with van der Waals surface area (Å²) in [4.78, 5) is 12.3. The van der Waals surface area contributed by atoms with Gasteiger partial charge in [-0.15, -0.1) is 0 Å². The molecule has 0 fully saturated rings. The zero-order chi connectivity index (χ0) is 12.7. The maximum absolute atomic E-state index is 12.3. The normalized spacial score (nSPS) is 11.0. The number of rotatable bonds is 1. The van der Waals surface area contributed by atoms with Crippen LogP contribution in [-0.4, -0.2) is 9.78 Å². The van der Waals surface area contributed by atoms with Crippen LogP contribution in [0.25, 0.3) is 16.6 Å². The Morgan fingerprint density at radius 3 is 2.33 bits per heavy atom. The number of benzene rings is 2. The minimum absolute atomic E-state index is 0.00227. The average molecular weight is 238 g/mol. The van der Waals surface area contributed by atoms with E-state index in [1.807, 2.05) is 56.3 Å². The predicted octanol–water partition coefficient (Wildman–Crippen LogP) is 2.94. The summed E-state index contributed by atoms with van der Waals surface area (Å²) in [7, 11) is 0. The molecule has 0 saturated carbocycles. The van der Waals surface area contributed by atoms with Gasteiger partial charge in [-0.1, -0.05) is 29.3 Å². The largest absolute Gasteiger partial charge is 0.290 e. The molecule has 0 saturated heterocycles. The average Bonchev–Trinajstić information content (AvgIpc) is 2.68. The fraction of sp³-hybridized carbons (Fsp3) is 0.133. The molecule has 0 atom stereocenters. The molecule has 2 aromatic carbocycles. The minimum atomic E-state index is -0.00227. The first-order chi connectivity index (χ1) is 8.65.